The maximum atomic E-state index is 11.1. The minimum Gasteiger partial charge on any atom is -0.614 e. The van der Waals surface area contributed by atoms with Crippen LogP contribution in [0.25, 0.3) is 0 Å². The molecule has 7 nitrogen and oxygen atoms in total. The number of nitrogens with zero attached hydrogens (tertiary/aromatic N) is 2. The fourth-order valence-electron chi connectivity index (χ4n) is 0.949. The lowest BCUT2D eigenvalue weighted by molar-refractivity contribution is -0.665. The van der Waals surface area contributed by atoms with Crippen LogP contribution in [-0.2, 0) is 0 Å². The summed E-state index contributed by atoms with van der Waals surface area (Å²) in [5.41, 5.74) is 0. The lowest BCUT2D eigenvalue weighted by Gasteiger charge is -2.04. The Balaban J connectivity index is 3.34. The third kappa shape index (κ3) is 1.65. The summed E-state index contributed by atoms with van der Waals surface area (Å²) in [5, 5.41) is 21.6. The average molecular weight is 200 g/mol. The van der Waals surface area contributed by atoms with E-state index < -0.39 is 10.7 Å². The average Bonchev–Trinajstić information content (AvgIpc) is 2.15. The molecule has 1 aromatic heterocycles. The van der Waals surface area contributed by atoms with E-state index in [0.717, 1.165) is 6.20 Å². The van der Waals surface area contributed by atoms with Crippen molar-refractivity contribution in [2.45, 2.75) is 0 Å². The van der Waals surface area contributed by atoms with Crippen LogP contribution in [0.4, 0.5) is 5.82 Å². The van der Waals surface area contributed by atoms with Gasteiger partial charge in [0.05, 0.1) is 14.2 Å². The predicted octanol–water partition coefficient (Wildman–Crippen LogP) is 0.245. The molecule has 0 N–H and O–H groups in total. The van der Waals surface area contributed by atoms with E-state index in [4.69, 9.17) is 4.74 Å². The van der Waals surface area contributed by atoms with Gasteiger partial charge in [0.2, 0.25) is 6.20 Å². The van der Waals surface area contributed by atoms with Crippen molar-refractivity contribution in [2.75, 3.05) is 14.2 Å². The minimum absolute atomic E-state index is 0.0949. The van der Waals surface area contributed by atoms with Crippen LogP contribution >= 0.6 is 0 Å². The second kappa shape index (κ2) is 3.77. The zero-order valence-electron chi connectivity index (χ0n) is 7.59. The van der Waals surface area contributed by atoms with E-state index in [2.05, 4.69) is 4.74 Å². The Morgan fingerprint density at radius 2 is 2.07 bits per heavy atom. The van der Waals surface area contributed by atoms with Crippen molar-refractivity contribution in [2.24, 2.45) is 0 Å². The Labute approximate surface area is 79.2 Å². The van der Waals surface area contributed by atoms with Crippen LogP contribution in [0.5, 0.6) is 11.5 Å². The molecule has 1 heterocycles. The number of aromatic nitrogens is 1. The van der Waals surface area contributed by atoms with E-state index in [1.807, 2.05) is 0 Å². The largest absolute Gasteiger partial charge is 0.614 e. The Bertz CT molecular complexity index is 365. The standard InChI is InChI=1S/C7H8N2O5/c1-13-5-3-6(14-2)7(9(11)12)8(10)4-5/h3-4H,1-2H3. The van der Waals surface area contributed by atoms with Crippen molar-refractivity contribution >= 4 is 5.82 Å². The fourth-order valence-corrected chi connectivity index (χ4v) is 0.949. The number of hydrogen-bond acceptors (Lipinski definition) is 5. The predicted molar refractivity (Wildman–Crippen MR) is 45.2 cm³/mol. The summed E-state index contributed by atoms with van der Waals surface area (Å²) in [7, 11) is 2.59. The van der Waals surface area contributed by atoms with Crippen LogP contribution in [-0.4, -0.2) is 19.1 Å². The smallest absolute Gasteiger partial charge is 0.555 e. The quantitative estimate of drug-likeness (QED) is 0.302. The lowest BCUT2D eigenvalue weighted by atomic mass is 10.4. The monoisotopic (exact) mass is 200 g/mol. The number of pyridine rings is 1. The third-order valence-corrected chi connectivity index (χ3v) is 1.58. The van der Waals surface area contributed by atoms with Crippen molar-refractivity contribution in [1.29, 1.82) is 0 Å². The van der Waals surface area contributed by atoms with Crippen molar-refractivity contribution in [1.82, 2.24) is 0 Å². The molecule has 0 saturated carbocycles. The molecule has 14 heavy (non-hydrogen) atoms. The number of rotatable bonds is 3. The SMILES string of the molecule is COc1cc(OC)c([N+](=O)[O-])[n+]([O-])c1. The molecule has 0 amide bonds. The van der Waals surface area contributed by atoms with Crippen LogP contribution in [0.1, 0.15) is 0 Å². The van der Waals surface area contributed by atoms with Crippen molar-refractivity contribution in [3.05, 3.63) is 27.6 Å². The van der Waals surface area contributed by atoms with Crippen LogP contribution in [0, 0.1) is 15.3 Å². The summed E-state index contributed by atoms with van der Waals surface area (Å²) in [4.78, 5) is 9.65. The summed E-state index contributed by atoms with van der Waals surface area (Å²) in [6.07, 6.45) is 0.959. The van der Waals surface area contributed by atoms with Gasteiger partial charge in [-0.3, -0.25) is 10.1 Å². The first-order valence-corrected chi connectivity index (χ1v) is 3.59. The van der Waals surface area contributed by atoms with Crippen LogP contribution in [0.2, 0.25) is 0 Å². The Hall–Kier alpha value is -2.05. The molecule has 7 heteroatoms. The van der Waals surface area contributed by atoms with Gasteiger partial charge in [-0.25, -0.2) is 0 Å². The van der Waals surface area contributed by atoms with Gasteiger partial charge in [-0.15, -0.1) is 4.73 Å². The van der Waals surface area contributed by atoms with Gasteiger partial charge in [0, 0.05) is 6.07 Å². The maximum Gasteiger partial charge on any atom is 0.555 e. The van der Waals surface area contributed by atoms with Crippen LogP contribution < -0.4 is 14.2 Å². The van der Waals surface area contributed by atoms with E-state index in [-0.39, 0.29) is 16.2 Å². The summed E-state index contributed by atoms with van der Waals surface area (Å²) >= 11 is 0. The normalized spacial score (nSPS) is 9.57. The van der Waals surface area contributed by atoms with Crippen molar-refractivity contribution in [3.8, 4) is 11.5 Å². The first kappa shape index (κ1) is 10.0. The van der Waals surface area contributed by atoms with Gasteiger partial charge in [-0.2, -0.15) is 0 Å². The number of nitro groups is 1. The molecule has 0 saturated heterocycles. The molecule has 1 rings (SSSR count). The highest BCUT2D eigenvalue weighted by Gasteiger charge is 2.27. The number of methoxy groups -OCH3 is 2. The Kier molecular flexibility index (Phi) is 2.70. The molecule has 0 atom stereocenters. The van der Waals surface area contributed by atoms with E-state index >= 15 is 0 Å². The number of ether oxygens (including phenoxy) is 2. The maximum absolute atomic E-state index is 11.1. The topological polar surface area (TPSA) is 88.5 Å². The second-order valence-electron chi connectivity index (χ2n) is 2.35. The van der Waals surface area contributed by atoms with Gasteiger partial charge in [-0.1, -0.05) is 0 Å². The molecule has 0 aliphatic carbocycles. The van der Waals surface area contributed by atoms with Gasteiger partial charge < -0.3 is 14.7 Å². The molecule has 0 bridgehead atoms. The molecular weight excluding hydrogens is 192 g/mol. The van der Waals surface area contributed by atoms with Crippen molar-refractivity contribution in [3.63, 3.8) is 0 Å². The summed E-state index contributed by atoms with van der Waals surface area (Å²) in [6.45, 7) is 0. The van der Waals surface area contributed by atoms with E-state index in [0.29, 0.717) is 0 Å². The van der Waals surface area contributed by atoms with Gasteiger partial charge in [0.1, 0.15) is 4.92 Å². The highest BCUT2D eigenvalue weighted by molar-refractivity contribution is 5.39. The molecule has 1 aromatic rings. The highest BCUT2D eigenvalue weighted by atomic mass is 16.6. The van der Waals surface area contributed by atoms with Gasteiger partial charge in [-0.05, 0) is 0 Å². The number of hydrogen-bond donors (Lipinski definition) is 0. The van der Waals surface area contributed by atoms with Gasteiger partial charge >= 0.3 is 5.82 Å². The molecule has 0 fully saturated rings. The van der Waals surface area contributed by atoms with Crippen LogP contribution in [0.3, 0.4) is 0 Å². The molecule has 0 aromatic carbocycles. The molecule has 0 aliphatic heterocycles. The molecule has 0 spiro atoms. The second-order valence-corrected chi connectivity index (χ2v) is 2.35. The fraction of sp³-hybridized carbons (Fsp3) is 0.286. The molecule has 0 aliphatic rings. The molecule has 0 unspecified atom stereocenters. The zero-order chi connectivity index (χ0) is 10.7. The zero-order valence-corrected chi connectivity index (χ0v) is 7.59. The molecule has 0 radical (unpaired) electrons. The third-order valence-electron chi connectivity index (χ3n) is 1.58. The van der Waals surface area contributed by atoms with E-state index in [1.54, 1.807) is 0 Å². The van der Waals surface area contributed by atoms with Gasteiger partial charge in [0.15, 0.2) is 5.75 Å². The summed E-state index contributed by atoms with van der Waals surface area (Å²) < 4.78 is 9.53. The Morgan fingerprint density at radius 3 is 2.50 bits per heavy atom. The molecule has 76 valence electrons. The lowest BCUT2D eigenvalue weighted by Crippen LogP contribution is -2.30. The first-order chi connectivity index (χ1) is 6.60. The van der Waals surface area contributed by atoms with Crippen molar-refractivity contribution < 1.29 is 19.1 Å². The Morgan fingerprint density at radius 1 is 1.43 bits per heavy atom. The summed E-state index contributed by atoms with van der Waals surface area (Å²) in [5.74, 6) is -0.597. The first-order valence-electron chi connectivity index (χ1n) is 3.59. The highest BCUT2D eigenvalue weighted by Crippen LogP contribution is 2.25. The molecular formula is C7H8N2O5. The van der Waals surface area contributed by atoms with Crippen LogP contribution in [0.15, 0.2) is 12.3 Å². The van der Waals surface area contributed by atoms with E-state index in [1.165, 1.54) is 20.3 Å². The summed E-state index contributed by atoms with van der Waals surface area (Å²) in [6, 6.07) is 1.27. The van der Waals surface area contributed by atoms with Gasteiger partial charge in [0.25, 0.3) is 5.75 Å². The minimum atomic E-state index is -0.814. The van der Waals surface area contributed by atoms with E-state index in [9.17, 15) is 15.3 Å².